The zero-order valence-electron chi connectivity index (χ0n) is 9.61. The van der Waals surface area contributed by atoms with Crippen LogP contribution >= 0.6 is 23.2 Å². The van der Waals surface area contributed by atoms with Gasteiger partial charge in [0.05, 0.1) is 22.7 Å². The van der Waals surface area contributed by atoms with Crippen LogP contribution in [0.4, 0.5) is 0 Å². The van der Waals surface area contributed by atoms with Crippen molar-refractivity contribution >= 4 is 29.5 Å². The molecule has 18 heavy (non-hydrogen) atoms. The van der Waals surface area contributed by atoms with E-state index in [1.807, 2.05) is 24.3 Å². The molecule has 0 spiro atoms. The SMILES string of the molecule is COc1cccc(-c2ccc(Cl)c(C=O)c2Cl)c1. The van der Waals surface area contributed by atoms with Crippen molar-refractivity contribution in [3.05, 3.63) is 52.0 Å². The molecule has 4 heteroatoms. The Morgan fingerprint density at radius 1 is 1.17 bits per heavy atom. The van der Waals surface area contributed by atoms with Crippen LogP contribution in [0.25, 0.3) is 11.1 Å². The first-order chi connectivity index (χ1) is 8.67. The van der Waals surface area contributed by atoms with Gasteiger partial charge in [0.2, 0.25) is 0 Å². The van der Waals surface area contributed by atoms with Crippen LogP contribution in [0, 0.1) is 0 Å². The van der Waals surface area contributed by atoms with Gasteiger partial charge in [-0.25, -0.2) is 0 Å². The molecule has 2 aromatic rings. The van der Waals surface area contributed by atoms with Gasteiger partial charge in [-0.05, 0) is 23.8 Å². The smallest absolute Gasteiger partial charge is 0.153 e. The van der Waals surface area contributed by atoms with Crippen LogP contribution in [0.5, 0.6) is 5.75 Å². The molecule has 0 saturated carbocycles. The van der Waals surface area contributed by atoms with Gasteiger partial charge in [0, 0.05) is 5.56 Å². The molecule has 2 rings (SSSR count). The van der Waals surface area contributed by atoms with Crippen molar-refractivity contribution < 1.29 is 9.53 Å². The molecule has 0 aliphatic carbocycles. The van der Waals surface area contributed by atoms with Crippen molar-refractivity contribution in [1.82, 2.24) is 0 Å². The van der Waals surface area contributed by atoms with Crippen LogP contribution in [-0.4, -0.2) is 13.4 Å². The maximum absolute atomic E-state index is 11.0. The zero-order valence-corrected chi connectivity index (χ0v) is 11.1. The Hall–Kier alpha value is -1.51. The number of halogens is 2. The van der Waals surface area contributed by atoms with E-state index >= 15 is 0 Å². The number of methoxy groups -OCH3 is 1. The van der Waals surface area contributed by atoms with E-state index in [1.54, 1.807) is 19.2 Å². The van der Waals surface area contributed by atoms with Crippen LogP contribution < -0.4 is 4.74 Å². The third-order valence-corrected chi connectivity index (χ3v) is 3.36. The van der Waals surface area contributed by atoms with Gasteiger partial charge in [0.1, 0.15) is 5.75 Å². The van der Waals surface area contributed by atoms with Crippen LogP contribution in [0.3, 0.4) is 0 Å². The van der Waals surface area contributed by atoms with E-state index in [1.165, 1.54) is 0 Å². The average molecular weight is 281 g/mol. The Kier molecular flexibility index (Phi) is 3.90. The predicted molar refractivity (Wildman–Crippen MR) is 73.8 cm³/mol. The minimum atomic E-state index is 0.304. The van der Waals surface area contributed by atoms with Gasteiger partial charge in [-0.3, -0.25) is 4.79 Å². The topological polar surface area (TPSA) is 26.3 Å². The van der Waals surface area contributed by atoms with Gasteiger partial charge in [-0.15, -0.1) is 0 Å². The zero-order chi connectivity index (χ0) is 13.1. The van der Waals surface area contributed by atoms with E-state index in [-0.39, 0.29) is 0 Å². The van der Waals surface area contributed by atoms with Crippen LogP contribution in [0.15, 0.2) is 36.4 Å². The monoisotopic (exact) mass is 280 g/mol. The standard InChI is InChI=1S/C14H10Cl2O2/c1-18-10-4-2-3-9(7-10)11-5-6-13(15)12(8-17)14(11)16/h2-8H,1H3. The number of carbonyl (C=O) groups is 1. The number of carbonyl (C=O) groups excluding carboxylic acids is 1. The first-order valence-corrected chi connectivity index (χ1v) is 6.00. The summed E-state index contributed by atoms with van der Waals surface area (Å²) >= 11 is 12.1. The minimum absolute atomic E-state index is 0.304. The lowest BCUT2D eigenvalue weighted by atomic mass is 10.0. The fourth-order valence-electron chi connectivity index (χ4n) is 1.69. The quantitative estimate of drug-likeness (QED) is 0.775. The molecular formula is C14H10Cl2O2. The number of hydrogen-bond donors (Lipinski definition) is 0. The van der Waals surface area contributed by atoms with Crippen molar-refractivity contribution in [3.63, 3.8) is 0 Å². The molecule has 0 heterocycles. The molecular weight excluding hydrogens is 271 g/mol. The summed E-state index contributed by atoms with van der Waals surface area (Å²) in [5.74, 6) is 0.728. The molecule has 0 amide bonds. The molecule has 0 radical (unpaired) electrons. The van der Waals surface area contributed by atoms with Crippen molar-refractivity contribution in [2.75, 3.05) is 7.11 Å². The number of benzene rings is 2. The molecule has 0 aromatic heterocycles. The summed E-state index contributed by atoms with van der Waals surface area (Å²) in [6, 6.07) is 10.9. The second-order valence-corrected chi connectivity index (χ2v) is 4.46. The highest BCUT2D eigenvalue weighted by molar-refractivity contribution is 6.40. The van der Waals surface area contributed by atoms with E-state index in [2.05, 4.69) is 0 Å². The molecule has 0 fully saturated rings. The van der Waals surface area contributed by atoms with E-state index in [0.29, 0.717) is 21.9 Å². The second kappa shape index (κ2) is 5.42. The minimum Gasteiger partial charge on any atom is -0.497 e. The predicted octanol–water partition coefficient (Wildman–Crippen LogP) is 4.48. The number of rotatable bonds is 3. The first-order valence-electron chi connectivity index (χ1n) is 5.25. The Labute approximate surface area is 115 Å². The molecule has 0 bridgehead atoms. The average Bonchev–Trinajstić information content (AvgIpc) is 2.39. The summed E-state index contributed by atoms with van der Waals surface area (Å²) in [7, 11) is 1.60. The summed E-state index contributed by atoms with van der Waals surface area (Å²) in [6.07, 6.45) is 0.661. The lowest BCUT2D eigenvalue weighted by Crippen LogP contribution is -1.89. The third-order valence-electron chi connectivity index (χ3n) is 2.63. The summed E-state index contributed by atoms with van der Waals surface area (Å²) in [6.45, 7) is 0. The van der Waals surface area contributed by atoms with Crippen molar-refractivity contribution in [2.45, 2.75) is 0 Å². The summed E-state index contributed by atoms with van der Waals surface area (Å²) in [4.78, 5) is 11.0. The van der Waals surface area contributed by atoms with Gasteiger partial charge < -0.3 is 4.74 Å². The Bertz CT molecular complexity index is 594. The molecule has 0 aliphatic heterocycles. The molecule has 2 nitrogen and oxygen atoms in total. The van der Waals surface area contributed by atoms with E-state index in [9.17, 15) is 4.79 Å². The fraction of sp³-hybridized carbons (Fsp3) is 0.0714. The lowest BCUT2D eigenvalue weighted by molar-refractivity contribution is 0.112. The molecule has 0 unspecified atom stereocenters. The van der Waals surface area contributed by atoms with E-state index in [0.717, 1.165) is 16.9 Å². The summed E-state index contributed by atoms with van der Waals surface area (Å²) in [5.41, 5.74) is 1.93. The highest BCUT2D eigenvalue weighted by atomic mass is 35.5. The molecule has 2 aromatic carbocycles. The van der Waals surface area contributed by atoms with Crippen molar-refractivity contribution in [2.24, 2.45) is 0 Å². The summed E-state index contributed by atoms with van der Waals surface area (Å²) < 4.78 is 5.16. The van der Waals surface area contributed by atoms with Gasteiger partial charge >= 0.3 is 0 Å². The largest absolute Gasteiger partial charge is 0.497 e. The molecule has 0 N–H and O–H groups in total. The van der Waals surface area contributed by atoms with Crippen LogP contribution in [0.2, 0.25) is 10.0 Å². The third kappa shape index (κ3) is 2.35. The Morgan fingerprint density at radius 3 is 2.61 bits per heavy atom. The molecule has 0 saturated heterocycles. The highest BCUT2D eigenvalue weighted by Gasteiger charge is 2.11. The first kappa shape index (κ1) is 12.9. The number of hydrogen-bond acceptors (Lipinski definition) is 2. The van der Waals surface area contributed by atoms with Crippen LogP contribution in [0.1, 0.15) is 10.4 Å². The number of aldehydes is 1. The highest BCUT2D eigenvalue weighted by Crippen LogP contribution is 2.35. The van der Waals surface area contributed by atoms with Gasteiger partial charge in [-0.2, -0.15) is 0 Å². The maximum atomic E-state index is 11.0. The summed E-state index contributed by atoms with van der Waals surface area (Å²) in [5, 5.41) is 0.701. The normalized spacial score (nSPS) is 10.2. The van der Waals surface area contributed by atoms with E-state index < -0.39 is 0 Å². The molecule has 92 valence electrons. The molecule has 0 aliphatic rings. The maximum Gasteiger partial charge on any atom is 0.153 e. The Morgan fingerprint density at radius 2 is 1.94 bits per heavy atom. The van der Waals surface area contributed by atoms with Gasteiger partial charge in [-0.1, -0.05) is 41.4 Å². The van der Waals surface area contributed by atoms with Crippen molar-refractivity contribution in [3.8, 4) is 16.9 Å². The fourth-order valence-corrected chi connectivity index (χ4v) is 2.26. The molecule has 0 atom stereocenters. The van der Waals surface area contributed by atoms with Gasteiger partial charge in [0.25, 0.3) is 0 Å². The lowest BCUT2D eigenvalue weighted by Gasteiger charge is -2.09. The van der Waals surface area contributed by atoms with Crippen LogP contribution in [-0.2, 0) is 0 Å². The van der Waals surface area contributed by atoms with E-state index in [4.69, 9.17) is 27.9 Å². The Balaban J connectivity index is 2.60. The second-order valence-electron chi connectivity index (χ2n) is 3.67. The van der Waals surface area contributed by atoms with Gasteiger partial charge in [0.15, 0.2) is 6.29 Å². The number of ether oxygens (including phenoxy) is 1. The van der Waals surface area contributed by atoms with Crippen molar-refractivity contribution in [1.29, 1.82) is 0 Å².